The number of carbonyl (C=O) groups excluding carboxylic acids is 2. The van der Waals surface area contributed by atoms with Gasteiger partial charge in [0.1, 0.15) is 11.8 Å². The van der Waals surface area contributed by atoms with E-state index in [1.54, 1.807) is 0 Å². The minimum absolute atomic E-state index is 0.0344. The summed E-state index contributed by atoms with van der Waals surface area (Å²) in [6.45, 7) is 0. The number of aromatic hydroxyl groups is 1. The van der Waals surface area contributed by atoms with E-state index in [1.165, 1.54) is 24.3 Å². The van der Waals surface area contributed by atoms with Crippen LogP contribution in [0.5, 0.6) is 5.75 Å². The molecule has 1 aromatic rings. The van der Waals surface area contributed by atoms with Gasteiger partial charge < -0.3 is 21.3 Å². The van der Waals surface area contributed by atoms with E-state index in [0.29, 0.717) is 0 Å². The number of amides is 2. The summed E-state index contributed by atoms with van der Waals surface area (Å²) >= 11 is 0. The maximum Gasteiger partial charge on any atom is 0.326 e. The van der Waals surface area contributed by atoms with E-state index >= 15 is 0 Å². The summed E-state index contributed by atoms with van der Waals surface area (Å²) in [5.74, 6) is -2.90. The van der Waals surface area contributed by atoms with Crippen molar-refractivity contribution >= 4 is 17.8 Å². The Morgan fingerprint density at radius 1 is 1.26 bits per heavy atom. The predicted molar refractivity (Wildman–Crippen MR) is 65.4 cm³/mol. The molecule has 1 atom stereocenters. The van der Waals surface area contributed by atoms with Crippen molar-refractivity contribution in [2.45, 2.75) is 18.9 Å². The molecule has 0 spiro atoms. The maximum absolute atomic E-state index is 11.8. The highest BCUT2D eigenvalue weighted by Gasteiger charge is 2.22. The number of phenols is 1. The summed E-state index contributed by atoms with van der Waals surface area (Å²) in [6, 6.07) is 4.51. The van der Waals surface area contributed by atoms with Gasteiger partial charge in [0, 0.05) is 6.42 Å². The topological polar surface area (TPSA) is 130 Å². The smallest absolute Gasteiger partial charge is 0.326 e. The molecule has 5 N–H and O–H groups in total. The van der Waals surface area contributed by atoms with Crippen molar-refractivity contribution in [1.82, 2.24) is 5.32 Å². The molecule has 0 bridgehead atoms. The van der Waals surface area contributed by atoms with Gasteiger partial charge in [-0.1, -0.05) is 12.1 Å². The van der Waals surface area contributed by atoms with E-state index < -0.39 is 23.8 Å². The van der Waals surface area contributed by atoms with Crippen molar-refractivity contribution < 1.29 is 24.6 Å². The minimum Gasteiger partial charge on any atom is -0.507 e. The fraction of sp³-hybridized carbons (Fsp3) is 0.250. The number of carboxylic acids is 1. The zero-order valence-electron chi connectivity index (χ0n) is 10.00. The summed E-state index contributed by atoms with van der Waals surface area (Å²) in [7, 11) is 0. The average Bonchev–Trinajstić information content (AvgIpc) is 2.34. The van der Waals surface area contributed by atoms with Gasteiger partial charge in [-0.15, -0.1) is 0 Å². The van der Waals surface area contributed by atoms with Crippen molar-refractivity contribution in [1.29, 1.82) is 0 Å². The summed E-state index contributed by atoms with van der Waals surface area (Å²) in [5.41, 5.74) is 4.89. The molecular formula is C12H14N2O5. The van der Waals surface area contributed by atoms with Crippen molar-refractivity contribution in [2.24, 2.45) is 5.73 Å². The molecule has 0 aliphatic rings. The molecule has 0 unspecified atom stereocenters. The number of carbonyl (C=O) groups is 3. The fourth-order valence-electron chi connectivity index (χ4n) is 1.45. The number of rotatable bonds is 6. The molecule has 0 radical (unpaired) electrons. The number of carboxylic acid groups (broad SMARTS) is 1. The Morgan fingerprint density at radius 2 is 1.89 bits per heavy atom. The number of hydrogen-bond donors (Lipinski definition) is 4. The normalized spacial score (nSPS) is 11.6. The van der Waals surface area contributed by atoms with Crippen molar-refractivity contribution in [2.75, 3.05) is 0 Å². The molecule has 0 saturated carbocycles. The summed E-state index contributed by atoms with van der Waals surface area (Å²) in [5, 5.41) is 20.6. The highest BCUT2D eigenvalue weighted by molar-refractivity contribution is 5.98. The third-order valence-corrected chi connectivity index (χ3v) is 2.43. The Morgan fingerprint density at radius 3 is 2.42 bits per heavy atom. The molecule has 102 valence electrons. The summed E-state index contributed by atoms with van der Waals surface area (Å²) in [4.78, 5) is 33.3. The number of nitrogens with one attached hydrogen (secondary N) is 1. The lowest BCUT2D eigenvalue weighted by molar-refractivity contribution is -0.139. The number of benzene rings is 1. The Bertz CT molecular complexity index is 501. The lowest BCUT2D eigenvalue weighted by atomic mass is 10.1. The number of aliphatic carboxylic acids is 1. The molecule has 0 aromatic heterocycles. The van der Waals surface area contributed by atoms with Crippen molar-refractivity contribution in [3.63, 3.8) is 0 Å². The number of phenolic OH excluding ortho intramolecular Hbond substituents is 1. The third kappa shape index (κ3) is 4.30. The Labute approximate surface area is 109 Å². The lowest BCUT2D eigenvalue weighted by Crippen LogP contribution is -2.41. The largest absolute Gasteiger partial charge is 0.507 e. The van der Waals surface area contributed by atoms with Crippen LogP contribution in [0, 0.1) is 0 Å². The van der Waals surface area contributed by atoms with Crippen LogP contribution in [0.25, 0.3) is 0 Å². The van der Waals surface area contributed by atoms with Crippen LogP contribution >= 0.6 is 0 Å². The van der Waals surface area contributed by atoms with Crippen LogP contribution in [0.4, 0.5) is 0 Å². The molecule has 0 saturated heterocycles. The quantitative estimate of drug-likeness (QED) is 0.568. The molecule has 0 fully saturated rings. The highest BCUT2D eigenvalue weighted by atomic mass is 16.4. The van der Waals surface area contributed by atoms with Crippen LogP contribution in [0.2, 0.25) is 0 Å². The number of hydrogen-bond acceptors (Lipinski definition) is 4. The molecule has 1 aromatic carbocycles. The molecule has 1 rings (SSSR count). The zero-order valence-corrected chi connectivity index (χ0v) is 10.00. The second-order valence-electron chi connectivity index (χ2n) is 3.89. The van der Waals surface area contributed by atoms with Crippen LogP contribution in [0.15, 0.2) is 24.3 Å². The van der Waals surface area contributed by atoms with Gasteiger partial charge in [-0.25, -0.2) is 4.79 Å². The predicted octanol–water partition coefficient (Wildman–Crippen LogP) is -0.159. The molecule has 0 aliphatic carbocycles. The molecule has 0 heterocycles. The van der Waals surface area contributed by atoms with E-state index in [0.717, 1.165) is 0 Å². The monoisotopic (exact) mass is 266 g/mol. The SMILES string of the molecule is NC(=O)CC[C@H](NC(=O)c1ccccc1O)C(=O)O. The Hall–Kier alpha value is -2.57. The van der Waals surface area contributed by atoms with E-state index in [2.05, 4.69) is 5.32 Å². The molecule has 19 heavy (non-hydrogen) atoms. The standard InChI is InChI=1S/C12H14N2O5/c13-10(16)6-5-8(12(18)19)14-11(17)7-3-1-2-4-9(7)15/h1-4,8,15H,5-6H2,(H2,13,16)(H,14,17)(H,18,19)/t8-/m0/s1. The molecule has 0 aliphatic heterocycles. The molecular weight excluding hydrogens is 252 g/mol. The van der Waals surface area contributed by atoms with Crippen molar-refractivity contribution in [3.8, 4) is 5.75 Å². The third-order valence-electron chi connectivity index (χ3n) is 2.43. The van der Waals surface area contributed by atoms with Crippen LogP contribution in [0.3, 0.4) is 0 Å². The first-order valence-electron chi connectivity index (χ1n) is 5.51. The summed E-state index contributed by atoms with van der Waals surface area (Å²) in [6.07, 6.45) is -0.262. The minimum atomic E-state index is -1.27. The first kappa shape index (κ1) is 14.5. The van der Waals surface area contributed by atoms with E-state index in [1.807, 2.05) is 0 Å². The maximum atomic E-state index is 11.8. The van der Waals surface area contributed by atoms with Crippen LogP contribution < -0.4 is 11.1 Å². The van der Waals surface area contributed by atoms with Crippen LogP contribution in [0.1, 0.15) is 23.2 Å². The second kappa shape index (κ2) is 6.39. The van der Waals surface area contributed by atoms with Crippen LogP contribution in [-0.2, 0) is 9.59 Å². The van der Waals surface area contributed by atoms with Gasteiger partial charge in [-0.2, -0.15) is 0 Å². The molecule has 7 heteroatoms. The summed E-state index contributed by atoms with van der Waals surface area (Å²) < 4.78 is 0. The van der Waals surface area contributed by atoms with Gasteiger partial charge in [-0.3, -0.25) is 9.59 Å². The van der Waals surface area contributed by atoms with E-state index in [-0.39, 0.29) is 24.2 Å². The number of para-hydroxylation sites is 1. The highest BCUT2D eigenvalue weighted by Crippen LogP contribution is 2.15. The van der Waals surface area contributed by atoms with Gasteiger partial charge in [0.15, 0.2) is 0 Å². The van der Waals surface area contributed by atoms with Gasteiger partial charge in [-0.05, 0) is 18.6 Å². The van der Waals surface area contributed by atoms with Crippen LogP contribution in [-0.4, -0.2) is 34.0 Å². The van der Waals surface area contributed by atoms with E-state index in [9.17, 15) is 19.5 Å². The Balaban J connectivity index is 2.74. The first-order valence-corrected chi connectivity index (χ1v) is 5.51. The number of nitrogens with two attached hydrogens (primary N) is 1. The Kier molecular flexibility index (Phi) is 4.87. The zero-order chi connectivity index (χ0) is 14.4. The number of primary amides is 1. The van der Waals surface area contributed by atoms with Gasteiger partial charge in [0.2, 0.25) is 5.91 Å². The lowest BCUT2D eigenvalue weighted by Gasteiger charge is -2.14. The first-order chi connectivity index (χ1) is 8.91. The van der Waals surface area contributed by atoms with Crippen molar-refractivity contribution in [3.05, 3.63) is 29.8 Å². The second-order valence-corrected chi connectivity index (χ2v) is 3.89. The molecule has 2 amide bonds. The van der Waals surface area contributed by atoms with Gasteiger partial charge in [0.05, 0.1) is 5.56 Å². The van der Waals surface area contributed by atoms with Gasteiger partial charge in [0.25, 0.3) is 5.91 Å². The average molecular weight is 266 g/mol. The van der Waals surface area contributed by atoms with Gasteiger partial charge >= 0.3 is 5.97 Å². The fourth-order valence-corrected chi connectivity index (χ4v) is 1.45. The van der Waals surface area contributed by atoms with E-state index in [4.69, 9.17) is 10.8 Å². The molecule has 7 nitrogen and oxygen atoms in total.